The van der Waals surface area contributed by atoms with E-state index in [4.69, 9.17) is 28.3 Å². The molecule has 1 amide bonds. The molecule has 0 radical (unpaired) electrons. The SMILES string of the molecule is CCOC(=O)[N+](Cl)(Cl)C(C)CC. The van der Waals surface area contributed by atoms with Gasteiger partial charge in [-0.2, -0.15) is 4.79 Å². The van der Waals surface area contributed by atoms with Gasteiger partial charge in [0.2, 0.25) is 0 Å². The van der Waals surface area contributed by atoms with E-state index in [0.29, 0.717) is 6.42 Å². The Balaban J connectivity index is 4.27. The van der Waals surface area contributed by atoms with Gasteiger partial charge in [0.1, 0.15) is 6.04 Å². The number of nitrogens with zero attached hydrogens (tertiary/aromatic N) is 1. The Morgan fingerprint density at radius 3 is 2.33 bits per heavy atom. The van der Waals surface area contributed by atoms with Crippen molar-refractivity contribution in [1.82, 2.24) is 0 Å². The fraction of sp³-hybridized carbons (Fsp3) is 0.857. The van der Waals surface area contributed by atoms with E-state index < -0.39 is 9.61 Å². The van der Waals surface area contributed by atoms with Gasteiger partial charge in [-0.1, -0.05) is 6.92 Å². The second-order valence-electron chi connectivity index (χ2n) is 2.51. The van der Waals surface area contributed by atoms with Crippen LogP contribution in [0.15, 0.2) is 0 Å². The summed E-state index contributed by atoms with van der Waals surface area (Å²) in [5.41, 5.74) is 0. The highest BCUT2D eigenvalue weighted by atomic mass is 35.5. The number of halogens is 2. The van der Waals surface area contributed by atoms with Gasteiger partial charge in [-0.3, -0.25) is 0 Å². The third-order valence-electron chi connectivity index (χ3n) is 1.66. The van der Waals surface area contributed by atoms with Crippen LogP contribution in [0.5, 0.6) is 0 Å². The number of ether oxygens (including phenoxy) is 1. The minimum atomic E-state index is -0.746. The molecule has 12 heavy (non-hydrogen) atoms. The van der Waals surface area contributed by atoms with Gasteiger partial charge < -0.3 is 4.74 Å². The van der Waals surface area contributed by atoms with Crippen LogP contribution in [0.4, 0.5) is 4.79 Å². The van der Waals surface area contributed by atoms with Crippen LogP contribution in [0, 0.1) is 0 Å². The average molecular weight is 215 g/mol. The fourth-order valence-corrected chi connectivity index (χ4v) is 0.992. The summed E-state index contributed by atoms with van der Waals surface area (Å²) >= 11 is 11.5. The van der Waals surface area contributed by atoms with Crippen molar-refractivity contribution in [2.24, 2.45) is 0 Å². The van der Waals surface area contributed by atoms with E-state index in [2.05, 4.69) is 0 Å². The normalized spacial score (nSPS) is 14.1. The number of hydrogen-bond acceptors (Lipinski definition) is 2. The summed E-state index contributed by atoms with van der Waals surface area (Å²) in [6.45, 7) is 5.69. The zero-order valence-electron chi connectivity index (χ0n) is 7.51. The molecule has 0 aromatic heterocycles. The molecule has 1 unspecified atom stereocenters. The highest BCUT2D eigenvalue weighted by molar-refractivity contribution is 6.28. The van der Waals surface area contributed by atoms with Crippen LogP contribution in [0.2, 0.25) is 0 Å². The molecule has 0 fully saturated rings. The highest BCUT2D eigenvalue weighted by Gasteiger charge is 2.42. The van der Waals surface area contributed by atoms with Crippen molar-refractivity contribution < 1.29 is 13.1 Å². The molecule has 0 saturated heterocycles. The van der Waals surface area contributed by atoms with Crippen molar-refractivity contribution >= 4 is 29.6 Å². The van der Waals surface area contributed by atoms with Crippen LogP contribution in [0.1, 0.15) is 27.2 Å². The molecule has 0 heterocycles. The van der Waals surface area contributed by atoms with E-state index in [1.54, 1.807) is 13.8 Å². The summed E-state index contributed by atoms with van der Waals surface area (Å²) in [6, 6.07) is -0.160. The molecular weight excluding hydrogens is 201 g/mol. The van der Waals surface area contributed by atoms with E-state index in [-0.39, 0.29) is 12.6 Å². The Bertz CT molecular complexity index is 161. The van der Waals surface area contributed by atoms with Crippen molar-refractivity contribution in [1.29, 1.82) is 0 Å². The largest absolute Gasteiger partial charge is 0.553 e. The quantitative estimate of drug-likeness (QED) is 0.676. The van der Waals surface area contributed by atoms with Crippen molar-refractivity contribution in [3.05, 3.63) is 0 Å². The molecule has 0 aliphatic rings. The number of hydrogen-bond donors (Lipinski definition) is 0. The molecule has 0 rings (SSSR count). The van der Waals surface area contributed by atoms with Gasteiger partial charge in [-0.05, 0) is 17.4 Å². The molecule has 0 bridgehead atoms. The molecule has 0 N–H and O–H groups in total. The first-order valence-electron chi connectivity index (χ1n) is 3.92. The maximum atomic E-state index is 11.2. The summed E-state index contributed by atoms with van der Waals surface area (Å²) in [6.07, 6.45) is 0.0985. The predicted molar refractivity (Wildman–Crippen MR) is 48.7 cm³/mol. The van der Waals surface area contributed by atoms with Gasteiger partial charge in [0, 0.05) is 6.42 Å². The van der Waals surface area contributed by atoms with Gasteiger partial charge >= 0.3 is 6.09 Å². The van der Waals surface area contributed by atoms with Crippen LogP contribution < -0.4 is 0 Å². The van der Waals surface area contributed by atoms with Gasteiger partial charge in [0.05, 0.1) is 6.61 Å². The first-order chi connectivity index (χ1) is 5.46. The maximum absolute atomic E-state index is 11.2. The molecule has 0 saturated carbocycles. The number of amides is 1. The minimum absolute atomic E-state index is 0.160. The molecule has 0 aliphatic heterocycles. The van der Waals surface area contributed by atoms with Gasteiger partial charge in [-0.25, -0.2) is 0 Å². The number of rotatable bonds is 3. The van der Waals surface area contributed by atoms with Crippen LogP contribution in [-0.4, -0.2) is 22.3 Å². The molecule has 72 valence electrons. The lowest BCUT2D eigenvalue weighted by molar-refractivity contribution is -0.641. The Morgan fingerprint density at radius 1 is 1.50 bits per heavy atom. The first-order valence-corrected chi connectivity index (χ1v) is 4.59. The number of carbonyl (C=O) groups is 1. The second-order valence-corrected chi connectivity index (χ2v) is 3.75. The van der Waals surface area contributed by atoms with Crippen molar-refractivity contribution in [2.75, 3.05) is 6.61 Å². The zero-order valence-corrected chi connectivity index (χ0v) is 9.02. The molecular formula is C7H14Cl2NO2+. The van der Waals surface area contributed by atoms with E-state index in [1.807, 2.05) is 6.92 Å². The van der Waals surface area contributed by atoms with Gasteiger partial charge in [0.15, 0.2) is 23.6 Å². The number of carbonyl (C=O) groups excluding carboxylic acids is 1. The lowest BCUT2D eigenvalue weighted by Crippen LogP contribution is -2.42. The van der Waals surface area contributed by atoms with E-state index in [0.717, 1.165) is 0 Å². The van der Waals surface area contributed by atoms with Gasteiger partial charge in [0.25, 0.3) is 0 Å². The monoisotopic (exact) mass is 214 g/mol. The highest BCUT2D eigenvalue weighted by Crippen LogP contribution is 2.26. The van der Waals surface area contributed by atoms with Crippen LogP contribution in [0.25, 0.3) is 0 Å². The number of quaternary nitrogens is 1. The summed E-state index contributed by atoms with van der Waals surface area (Å²) in [7, 11) is 0. The average Bonchev–Trinajstić information content (AvgIpc) is 2.03. The fourth-order valence-electron chi connectivity index (χ4n) is 0.619. The van der Waals surface area contributed by atoms with E-state index >= 15 is 0 Å². The molecule has 5 heteroatoms. The van der Waals surface area contributed by atoms with Crippen molar-refractivity contribution in [3.63, 3.8) is 0 Å². The third kappa shape index (κ3) is 2.81. The summed E-state index contributed by atoms with van der Waals surface area (Å²) in [5.74, 6) is 0. The first kappa shape index (κ1) is 12.0. The van der Waals surface area contributed by atoms with Crippen LogP contribution in [0.3, 0.4) is 0 Å². The van der Waals surface area contributed by atoms with Crippen LogP contribution in [-0.2, 0) is 4.74 Å². The Morgan fingerprint density at radius 2 is 2.00 bits per heavy atom. The lowest BCUT2D eigenvalue weighted by atomic mass is 10.3. The minimum Gasteiger partial charge on any atom is -0.418 e. The van der Waals surface area contributed by atoms with Crippen molar-refractivity contribution in [3.8, 4) is 0 Å². The van der Waals surface area contributed by atoms with Crippen LogP contribution >= 0.6 is 23.6 Å². The molecule has 3 nitrogen and oxygen atoms in total. The topological polar surface area (TPSA) is 26.3 Å². The molecule has 0 aromatic rings. The Hall–Kier alpha value is 0.01000. The van der Waals surface area contributed by atoms with Gasteiger partial charge in [-0.15, -0.1) is 0 Å². The standard InChI is InChI=1S/C7H14Cl2NO2/c1-4-6(3)10(8,9)7(11)12-5-2/h6H,4-5H2,1-3H3/q+1. The maximum Gasteiger partial charge on any atom is 0.553 e. The van der Waals surface area contributed by atoms with E-state index in [9.17, 15) is 4.79 Å². The second kappa shape index (κ2) is 4.90. The third-order valence-corrected chi connectivity index (χ3v) is 2.60. The Kier molecular flexibility index (Phi) is 4.90. The molecule has 0 aromatic carbocycles. The molecule has 1 atom stereocenters. The summed E-state index contributed by atoms with van der Waals surface area (Å²) in [5, 5.41) is 0. The van der Waals surface area contributed by atoms with Crippen molar-refractivity contribution in [2.45, 2.75) is 33.2 Å². The Labute approximate surface area is 83.0 Å². The summed E-state index contributed by atoms with van der Waals surface area (Å²) < 4.78 is 3.95. The smallest absolute Gasteiger partial charge is 0.418 e. The zero-order chi connectivity index (χ0) is 9.78. The lowest BCUT2D eigenvalue weighted by Gasteiger charge is -2.20. The summed E-state index contributed by atoms with van der Waals surface area (Å²) in [4.78, 5) is 11.2. The van der Waals surface area contributed by atoms with E-state index in [1.165, 1.54) is 0 Å². The predicted octanol–water partition coefficient (Wildman–Crippen LogP) is 3.07. The molecule has 0 aliphatic carbocycles. The molecule has 0 spiro atoms.